The van der Waals surface area contributed by atoms with Crippen LogP contribution in [0.4, 0.5) is 0 Å². The number of aliphatic imine (C=N–C) groups is 1. The lowest BCUT2D eigenvalue weighted by molar-refractivity contribution is -0.180. The lowest BCUT2D eigenvalue weighted by atomic mass is 9.43. The number of carbonyl (C=O) groups is 2. The first-order chi connectivity index (χ1) is 19.0. The molecule has 2 bridgehead atoms. The average molecular weight is 549 g/mol. The first-order valence-electron chi connectivity index (χ1n) is 14.2. The predicted molar refractivity (Wildman–Crippen MR) is 151 cm³/mol. The number of fused-ring (bicyclic) bond motifs is 2. The molecule has 1 unspecified atom stereocenters. The first-order valence-corrected chi connectivity index (χ1v) is 14.2. The number of hydrogen-bond donors (Lipinski definition) is 3. The standard InChI is InChI=1S/C32H40N2O6/c1-18-24(13-25-14-26(18)32(25,3)4)15-33-30(37)29-28(19(2)36)27(17-35)40-34(29)16-20-7-5-8-21(11-20)22-9-6-10-23(12-22)31(38)39/h5-12,15,18-19,24-29,35-36H,13-14,16-17H2,1-4H3,(H,38,39)/t18-,19+,24?,25+,26+,27+,28-,29+/m1/s1. The Morgan fingerprint density at radius 2 is 1.85 bits per heavy atom. The molecule has 2 aromatic carbocycles. The van der Waals surface area contributed by atoms with E-state index in [1.807, 2.05) is 36.5 Å². The van der Waals surface area contributed by atoms with Crippen molar-refractivity contribution < 1.29 is 29.7 Å². The van der Waals surface area contributed by atoms with Crippen molar-refractivity contribution >= 4 is 18.1 Å². The number of carboxylic acid groups (broad SMARTS) is 1. The van der Waals surface area contributed by atoms with Gasteiger partial charge in [-0.05, 0) is 83.7 Å². The third-order valence-corrected chi connectivity index (χ3v) is 9.88. The van der Waals surface area contributed by atoms with E-state index in [0.717, 1.165) is 23.1 Å². The zero-order chi connectivity index (χ0) is 28.8. The van der Waals surface area contributed by atoms with E-state index in [1.165, 1.54) is 11.5 Å². The van der Waals surface area contributed by atoms with E-state index in [4.69, 9.17) is 4.84 Å². The highest BCUT2D eigenvalue weighted by atomic mass is 16.7. The van der Waals surface area contributed by atoms with Crippen LogP contribution in [0.15, 0.2) is 53.5 Å². The summed E-state index contributed by atoms with van der Waals surface area (Å²) in [6, 6.07) is 13.5. The molecule has 3 aliphatic carbocycles. The molecule has 8 atom stereocenters. The fourth-order valence-corrected chi connectivity index (χ4v) is 7.35. The highest BCUT2D eigenvalue weighted by Crippen LogP contribution is 2.62. The minimum atomic E-state index is -0.993. The molecule has 0 aromatic heterocycles. The number of hydroxylamine groups is 2. The monoisotopic (exact) mass is 548 g/mol. The van der Waals surface area contributed by atoms with Crippen molar-refractivity contribution in [2.45, 2.75) is 65.3 Å². The van der Waals surface area contributed by atoms with Gasteiger partial charge in [-0.15, -0.1) is 0 Å². The van der Waals surface area contributed by atoms with Gasteiger partial charge in [0.05, 0.1) is 24.8 Å². The average Bonchev–Trinajstić information content (AvgIpc) is 3.30. The fraction of sp³-hybridized carbons (Fsp3) is 0.531. The van der Waals surface area contributed by atoms with Crippen LogP contribution in [0.25, 0.3) is 11.1 Å². The number of amides is 1. The summed E-state index contributed by atoms with van der Waals surface area (Å²) in [4.78, 5) is 35.5. The molecule has 40 heavy (non-hydrogen) atoms. The molecule has 3 saturated carbocycles. The Balaban J connectivity index is 1.37. The van der Waals surface area contributed by atoms with E-state index in [-0.39, 0.29) is 30.5 Å². The highest BCUT2D eigenvalue weighted by Gasteiger charge is 2.56. The highest BCUT2D eigenvalue weighted by molar-refractivity contribution is 5.90. The van der Waals surface area contributed by atoms with Gasteiger partial charge in [-0.2, -0.15) is 5.06 Å². The summed E-state index contributed by atoms with van der Waals surface area (Å²) in [7, 11) is 0. The van der Waals surface area contributed by atoms with Crippen molar-refractivity contribution in [3.05, 3.63) is 59.7 Å². The van der Waals surface area contributed by atoms with Crippen LogP contribution in [-0.2, 0) is 16.2 Å². The van der Waals surface area contributed by atoms with Crippen molar-refractivity contribution in [3.8, 4) is 11.1 Å². The number of carbonyl (C=O) groups excluding carboxylic acids is 1. The van der Waals surface area contributed by atoms with Gasteiger partial charge < -0.3 is 15.3 Å². The Bertz CT molecular complexity index is 1290. The molecule has 3 N–H and O–H groups in total. The van der Waals surface area contributed by atoms with Crippen molar-refractivity contribution in [2.75, 3.05) is 6.61 Å². The maximum Gasteiger partial charge on any atom is 0.335 e. The van der Waals surface area contributed by atoms with E-state index in [0.29, 0.717) is 23.2 Å². The number of nitrogens with zero attached hydrogens (tertiary/aromatic N) is 2. The van der Waals surface area contributed by atoms with Gasteiger partial charge in [0, 0.05) is 12.1 Å². The number of carboxylic acids is 1. The van der Waals surface area contributed by atoms with Crippen LogP contribution in [0.3, 0.4) is 0 Å². The normalized spacial score (nSPS) is 32.1. The second-order valence-electron chi connectivity index (χ2n) is 12.5. The predicted octanol–water partition coefficient (Wildman–Crippen LogP) is 4.44. The number of aromatic carboxylic acids is 1. The second kappa shape index (κ2) is 11.2. The largest absolute Gasteiger partial charge is 0.478 e. The number of hydrogen-bond acceptors (Lipinski definition) is 6. The Kier molecular flexibility index (Phi) is 7.99. The third kappa shape index (κ3) is 5.26. The summed E-state index contributed by atoms with van der Waals surface area (Å²) >= 11 is 0. The minimum absolute atomic E-state index is 0.202. The number of aliphatic hydroxyl groups excluding tert-OH is 2. The number of aliphatic hydroxyl groups is 2. The molecular formula is C32H40N2O6. The molecule has 2 aromatic rings. The van der Waals surface area contributed by atoms with Crippen LogP contribution in [0.5, 0.6) is 0 Å². The number of rotatable bonds is 8. The molecule has 4 aliphatic rings. The van der Waals surface area contributed by atoms with Gasteiger partial charge in [-0.3, -0.25) is 9.63 Å². The van der Waals surface area contributed by atoms with Gasteiger partial charge in [0.25, 0.3) is 5.91 Å². The van der Waals surface area contributed by atoms with Crippen molar-refractivity contribution in [3.63, 3.8) is 0 Å². The van der Waals surface area contributed by atoms with Crippen LogP contribution >= 0.6 is 0 Å². The molecule has 6 rings (SSSR count). The molecule has 214 valence electrons. The molecular weight excluding hydrogens is 508 g/mol. The fourth-order valence-electron chi connectivity index (χ4n) is 7.35. The summed E-state index contributed by atoms with van der Waals surface area (Å²) in [5.41, 5.74) is 2.98. The Morgan fingerprint density at radius 1 is 1.15 bits per heavy atom. The van der Waals surface area contributed by atoms with E-state index in [2.05, 4.69) is 25.8 Å². The van der Waals surface area contributed by atoms with Gasteiger partial charge >= 0.3 is 5.97 Å². The van der Waals surface area contributed by atoms with E-state index in [1.54, 1.807) is 25.1 Å². The van der Waals surface area contributed by atoms with Crippen molar-refractivity contribution in [2.24, 2.45) is 40.0 Å². The van der Waals surface area contributed by atoms with E-state index < -0.39 is 30.1 Å². The van der Waals surface area contributed by atoms with Gasteiger partial charge in [0.15, 0.2) is 0 Å². The van der Waals surface area contributed by atoms with Crippen LogP contribution in [0.2, 0.25) is 0 Å². The Hall–Kier alpha value is -2.91. The molecule has 8 nitrogen and oxygen atoms in total. The van der Waals surface area contributed by atoms with Gasteiger partial charge in [-0.1, -0.05) is 51.1 Å². The van der Waals surface area contributed by atoms with Gasteiger partial charge in [0.1, 0.15) is 12.1 Å². The molecule has 0 spiro atoms. The van der Waals surface area contributed by atoms with Crippen LogP contribution in [0.1, 0.15) is 56.5 Å². The van der Waals surface area contributed by atoms with Crippen LogP contribution < -0.4 is 0 Å². The number of benzene rings is 2. The summed E-state index contributed by atoms with van der Waals surface area (Å²) in [5, 5.41) is 31.5. The molecule has 0 radical (unpaired) electrons. The smallest absolute Gasteiger partial charge is 0.335 e. The summed E-state index contributed by atoms with van der Waals surface area (Å²) < 4.78 is 0. The molecule has 1 saturated heterocycles. The van der Waals surface area contributed by atoms with Crippen LogP contribution in [0, 0.1) is 35.0 Å². The SMILES string of the molecule is C[C@H](O)[C@@H]1[C@H](CO)ON(Cc2cccc(-c3cccc(C(=O)O)c3)c2)[C@@H]1C(=O)N=CC1C[C@H]2C[C@@H]([C@@H]1C)C2(C)C. The van der Waals surface area contributed by atoms with Crippen LogP contribution in [-0.4, -0.2) is 63.3 Å². The summed E-state index contributed by atoms with van der Waals surface area (Å²) in [6.07, 6.45) is 2.47. The first kappa shape index (κ1) is 28.6. The molecule has 8 heteroatoms. The molecule has 4 fully saturated rings. The third-order valence-electron chi connectivity index (χ3n) is 9.88. The van der Waals surface area contributed by atoms with Crippen molar-refractivity contribution in [1.29, 1.82) is 0 Å². The molecule has 1 heterocycles. The lowest BCUT2D eigenvalue weighted by Gasteiger charge is -2.61. The molecule has 1 amide bonds. The van der Waals surface area contributed by atoms with Gasteiger partial charge in [-0.25, -0.2) is 9.79 Å². The van der Waals surface area contributed by atoms with E-state index >= 15 is 0 Å². The van der Waals surface area contributed by atoms with Gasteiger partial charge in [0.2, 0.25) is 0 Å². The zero-order valence-corrected chi connectivity index (χ0v) is 23.6. The second-order valence-corrected chi connectivity index (χ2v) is 12.5. The quantitative estimate of drug-likeness (QED) is 0.417. The Labute approximate surface area is 235 Å². The topological polar surface area (TPSA) is 120 Å². The molecule has 1 aliphatic heterocycles. The minimum Gasteiger partial charge on any atom is -0.478 e. The summed E-state index contributed by atoms with van der Waals surface area (Å²) in [6.45, 7) is 8.45. The summed E-state index contributed by atoms with van der Waals surface area (Å²) in [5.74, 6) is -0.0245. The zero-order valence-electron chi connectivity index (χ0n) is 23.6. The van der Waals surface area contributed by atoms with E-state index in [9.17, 15) is 24.9 Å². The Morgan fingerprint density at radius 3 is 2.48 bits per heavy atom. The lowest BCUT2D eigenvalue weighted by Crippen LogP contribution is -2.55. The maximum atomic E-state index is 13.6. The maximum absolute atomic E-state index is 13.6. The van der Waals surface area contributed by atoms with Crippen molar-refractivity contribution in [1.82, 2.24) is 5.06 Å².